The summed E-state index contributed by atoms with van der Waals surface area (Å²) in [7, 11) is 0. The Morgan fingerprint density at radius 2 is 1.89 bits per heavy atom. The molecule has 0 spiro atoms. The van der Waals surface area contributed by atoms with Crippen molar-refractivity contribution in [2.45, 2.75) is 72.4 Å². The summed E-state index contributed by atoms with van der Waals surface area (Å²) in [6, 6.07) is -0.0627. The van der Waals surface area contributed by atoms with Crippen molar-refractivity contribution in [1.82, 2.24) is 4.90 Å². The molecule has 0 heterocycles. The molecule has 0 aliphatic carbocycles. The summed E-state index contributed by atoms with van der Waals surface area (Å²) < 4.78 is 5.43. The van der Waals surface area contributed by atoms with Crippen LogP contribution in [0.15, 0.2) is 0 Å². The van der Waals surface area contributed by atoms with E-state index in [1.165, 1.54) is 0 Å². The van der Waals surface area contributed by atoms with Gasteiger partial charge in [-0.2, -0.15) is 0 Å². The fraction of sp³-hybridized carbons (Fsp3) is 0.867. The second-order valence-electron chi connectivity index (χ2n) is 6.36. The fourth-order valence-corrected chi connectivity index (χ4v) is 1.99. The molecule has 0 aliphatic rings. The summed E-state index contributed by atoms with van der Waals surface area (Å²) in [5.74, 6) is 0.437. The van der Waals surface area contributed by atoms with Gasteiger partial charge in [-0.15, -0.1) is 0 Å². The van der Waals surface area contributed by atoms with Crippen LogP contribution in [0.1, 0.15) is 60.8 Å². The van der Waals surface area contributed by atoms with Crippen molar-refractivity contribution in [1.29, 1.82) is 0 Å². The lowest BCUT2D eigenvalue weighted by Gasteiger charge is -2.33. The molecule has 4 nitrogen and oxygen atoms in total. The number of nitrogens with zero attached hydrogens (tertiary/aromatic N) is 1. The number of amides is 1. The first-order chi connectivity index (χ1) is 8.71. The molecule has 1 amide bonds. The van der Waals surface area contributed by atoms with Crippen molar-refractivity contribution in [2.24, 2.45) is 5.92 Å². The average molecular weight is 271 g/mol. The van der Waals surface area contributed by atoms with Gasteiger partial charge in [0.1, 0.15) is 11.9 Å². The van der Waals surface area contributed by atoms with E-state index in [-0.39, 0.29) is 12.1 Å². The summed E-state index contributed by atoms with van der Waals surface area (Å²) in [4.78, 5) is 24.8. The maximum absolute atomic E-state index is 12.2. The Labute approximate surface area is 117 Å². The van der Waals surface area contributed by atoms with Crippen molar-refractivity contribution in [3.05, 3.63) is 0 Å². The van der Waals surface area contributed by atoms with Crippen LogP contribution in [0, 0.1) is 5.92 Å². The molecule has 0 aromatic rings. The van der Waals surface area contributed by atoms with E-state index in [0.717, 1.165) is 19.1 Å². The molecule has 112 valence electrons. The van der Waals surface area contributed by atoms with Crippen LogP contribution in [0.3, 0.4) is 0 Å². The molecule has 0 aromatic heterocycles. The average Bonchev–Trinajstić information content (AvgIpc) is 2.22. The molecule has 1 atom stereocenters. The highest BCUT2D eigenvalue weighted by Gasteiger charge is 2.27. The van der Waals surface area contributed by atoms with Crippen molar-refractivity contribution >= 4 is 12.4 Å². The Morgan fingerprint density at radius 3 is 2.26 bits per heavy atom. The number of carbonyl (C=O) groups excluding carboxylic acids is 2. The van der Waals surface area contributed by atoms with Crippen LogP contribution in [-0.2, 0) is 9.53 Å². The minimum absolute atomic E-state index is 0.0627. The van der Waals surface area contributed by atoms with Crippen LogP contribution in [-0.4, -0.2) is 35.5 Å². The maximum Gasteiger partial charge on any atom is 0.410 e. The van der Waals surface area contributed by atoms with Gasteiger partial charge in [0, 0.05) is 19.0 Å². The van der Waals surface area contributed by atoms with Gasteiger partial charge in [-0.1, -0.05) is 20.8 Å². The predicted octanol–water partition coefficient (Wildman–Crippen LogP) is 3.64. The third-order valence-corrected chi connectivity index (χ3v) is 2.65. The quantitative estimate of drug-likeness (QED) is 0.664. The van der Waals surface area contributed by atoms with Crippen molar-refractivity contribution in [3.63, 3.8) is 0 Å². The number of hydrogen-bond donors (Lipinski definition) is 0. The fourth-order valence-electron chi connectivity index (χ4n) is 1.99. The van der Waals surface area contributed by atoms with Crippen LogP contribution in [0.25, 0.3) is 0 Å². The van der Waals surface area contributed by atoms with Gasteiger partial charge < -0.3 is 14.4 Å². The third-order valence-electron chi connectivity index (χ3n) is 2.65. The molecule has 0 radical (unpaired) electrons. The van der Waals surface area contributed by atoms with Gasteiger partial charge in [0.25, 0.3) is 0 Å². The lowest BCUT2D eigenvalue weighted by Crippen LogP contribution is -2.44. The van der Waals surface area contributed by atoms with Crippen LogP contribution >= 0.6 is 0 Å². The highest BCUT2D eigenvalue weighted by molar-refractivity contribution is 5.69. The van der Waals surface area contributed by atoms with Crippen LogP contribution in [0.2, 0.25) is 0 Å². The molecule has 4 heteroatoms. The van der Waals surface area contributed by atoms with E-state index < -0.39 is 5.60 Å². The molecule has 0 saturated carbocycles. The van der Waals surface area contributed by atoms with Gasteiger partial charge in [0.15, 0.2) is 0 Å². The van der Waals surface area contributed by atoms with Gasteiger partial charge in [-0.05, 0) is 39.5 Å². The molecule has 0 saturated heterocycles. The Kier molecular flexibility index (Phi) is 7.72. The van der Waals surface area contributed by atoms with E-state index in [1.54, 1.807) is 4.90 Å². The third kappa shape index (κ3) is 7.85. The van der Waals surface area contributed by atoms with Crippen LogP contribution < -0.4 is 0 Å². The highest BCUT2D eigenvalue weighted by atomic mass is 16.6. The highest BCUT2D eigenvalue weighted by Crippen LogP contribution is 2.18. The lowest BCUT2D eigenvalue weighted by molar-refractivity contribution is -0.109. The second-order valence-corrected chi connectivity index (χ2v) is 6.36. The van der Waals surface area contributed by atoms with Crippen molar-refractivity contribution in [3.8, 4) is 0 Å². The maximum atomic E-state index is 12.2. The predicted molar refractivity (Wildman–Crippen MR) is 77.2 cm³/mol. The second kappa shape index (κ2) is 8.18. The molecule has 0 rings (SSSR count). The van der Waals surface area contributed by atoms with E-state index in [1.807, 2.05) is 27.7 Å². The van der Waals surface area contributed by atoms with Gasteiger partial charge in [0.05, 0.1) is 0 Å². The summed E-state index contributed by atoms with van der Waals surface area (Å²) in [6.45, 7) is 12.4. The Bertz CT molecular complexity index is 282. The Hall–Kier alpha value is -1.06. The molecule has 0 aliphatic heterocycles. The number of aldehydes is 1. The summed E-state index contributed by atoms with van der Waals surface area (Å²) in [5, 5.41) is 0. The largest absolute Gasteiger partial charge is 0.444 e. The first kappa shape index (κ1) is 17.9. The Morgan fingerprint density at radius 1 is 1.32 bits per heavy atom. The minimum atomic E-state index is -0.507. The zero-order valence-corrected chi connectivity index (χ0v) is 13.2. The normalized spacial score (nSPS) is 13.2. The topological polar surface area (TPSA) is 46.6 Å². The van der Waals surface area contributed by atoms with E-state index in [9.17, 15) is 9.59 Å². The molecule has 0 bridgehead atoms. The molecule has 19 heavy (non-hydrogen) atoms. The lowest BCUT2D eigenvalue weighted by atomic mass is 10.00. The number of rotatable bonds is 7. The summed E-state index contributed by atoms with van der Waals surface area (Å²) >= 11 is 0. The van der Waals surface area contributed by atoms with E-state index in [4.69, 9.17) is 4.74 Å². The summed E-state index contributed by atoms with van der Waals surface area (Å²) in [6.07, 6.45) is 2.61. The molecular weight excluding hydrogens is 242 g/mol. The molecule has 1 unspecified atom stereocenters. The Balaban J connectivity index is 4.90. The zero-order chi connectivity index (χ0) is 15.1. The van der Waals surface area contributed by atoms with E-state index in [2.05, 4.69) is 13.8 Å². The smallest absolute Gasteiger partial charge is 0.410 e. The van der Waals surface area contributed by atoms with Gasteiger partial charge >= 0.3 is 6.09 Å². The first-order valence-corrected chi connectivity index (χ1v) is 7.14. The number of ether oxygens (including phenoxy) is 1. The molecule has 0 fully saturated rings. The van der Waals surface area contributed by atoms with Crippen LogP contribution in [0.5, 0.6) is 0 Å². The molecule has 0 aromatic carbocycles. The van der Waals surface area contributed by atoms with Gasteiger partial charge in [-0.3, -0.25) is 0 Å². The van der Waals surface area contributed by atoms with Crippen molar-refractivity contribution < 1.29 is 14.3 Å². The first-order valence-electron chi connectivity index (χ1n) is 7.14. The standard InChI is InChI=1S/C15H29NO3/c1-7-9-16(14(18)19-15(4,5)6)13(8-10-17)11-12(2)3/h10,12-13H,7-9,11H2,1-6H3. The van der Waals surface area contributed by atoms with Gasteiger partial charge in [-0.25, -0.2) is 4.79 Å². The van der Waals surface area contributed by atoms with Crippen LogP contribution in [0.4, 0.5) is 4.79 Å². The van der Waals surface area contributed by atoms with Gasteiger partial charge in [0.2, 0.25) is 0 Å². The number of carbonyl (C=O) groups is 2. The zero-order valence-electron chi connectivity index (χ0n) is 13.2. The van der Waals surface area contributed by atoms with E-state index in [0.29, 0.717) is 18.9 Å². The SMILES string of the molecule is CCCN(C(=O)OC(C)(C)C)C(CC=O)CC(C)C. The monoisotopic (exact) mass is 271 g/mol. The molecule has 0 N–H and O–H groups in total. The van der Waals surface area contributed by atoms with E-state index >= 15 is 0 Å². The van der Waals surface area contributed by atoms with Crippen molar-refractivity contribution in [2.75, 3.05) is 6.54 Å². The molecular formula is C15H29NO3. The summed E-state index contributed by atoms with van der Waals surface area (Å²) in [5.41, 5.74) is -0.507. The minimum Gasteiger partial charge on any atom is -0.444 e. The number of hydrogen-bond acceptors (Lipinski definition) is 3.